The van der Waals surface area contributed by atoms with Gasteiger partial charge in [0.25, 0.3) is 0 Å². The molecule has 0 aliphatic carbocycles. The summed E-state index contributed by atoms with van der Waals surface area (Å²) in [6.07, 6.45) is -0.752. The Balaban J connectivity index is 2.05. The van der Waals surface area contributed by atoms with E-state index in [2.05, 4.69) is 15.9 Å². The van der Waals surface area contributed by atoms with Crippen LogP contribution in [0.25, 0.3) is 11.1 Å². The number of hydrogen-bond donors (Lipinski definition) is 1. The molecule has 2 aromatic carbocycles. The van der Waals surface area contributed by atoms with Gasteiger partial charge in [-0.25, -0.2) is 4.79 Å². The topological polar surface area (TPSA) is 55.4 Å². The SMILES string of the molecule is Cn1c(=O)oc2cc(C(O)c3ccc(Br)cc3)ccc21. The van der Waals surface area contributed by atoms with Crippen LogP contribution in [0.2, 0.25) is 0 Å². The molecule has 20 heavy (non-hydrogen) atoms. The third kappa shape index (κ3) is 2.19. The van der Waals surface area contributed by atoms with Crippen LogP contribution in [0.4, 0.5) is 0 Å². The van der Waals surface area contributed by atoms with Crippen LogP contribution in [0.15, 0.2) is 56.1 Å². The second kappa shape index (κ2) is 4.92. The molecule has 0 amide bonds. The van der Waals surface area contributed by atoms with Crippen molar-refractivity contribution in [2.45, 2.75) is 6.10 Å². The molecule has 0 aliphatic rings. The minimum atomic E-state index is -0.752. The number of nitrogens with zero attached hydrogens (tertiary/aromatic N) is 1. The first kappa shape index (κ1) is 13.1. The van der Waals surface area contributed by atoms with Gasteiger partial charge in [0.15, 0.2) is 5.58 Å². The molecule has 0 saturated carbocycles. The van der Waals surface area contributed by atoms with Crippen molar-refractivity contribution in [2.24, 2.45) is 7.05 Å². The number of hydrogen-bond acceptors (Lipinski definition) is 3. The molecule has 1 heterocycles. The van der Waals surface area contributed by atoms with Crippen molar-refractivity contribution in [3.8, 4) is 0 Å². The molecule has 0 spiro atoms. The molecule has 0 fully saturated rings. The number of aliphatic hydroxyl groups excluding tert-OH is 1. The fourth-order valence-electron chi connectivity index (χ4n) is 2.16. The van der Waals surface area contributed by atoms with E-state index < -0.39 is 11.9 Å². The Morgan fingerprint density at radius 2 is 1.80 bits per heavy atom. The number of benzene rings is 2. The molecule has 0 bridgehead atoms. The molecule has 1 atom stereocenters. The van der Waals surface area contributed by atoms with E-state index in [0.29, 0.717) is 16.7 Å². The molecule has 3 rings (SSSR count). The lowest BCUT2D eigenvalue weighted by Crippen LogP contribution is -2.08. The largest absolute Gasteiger partial charge is 0.419 e. The third-order valence-electron chi connectivity index (χ3n) is 3.32. The number of oxazole rings is 1. The van der Waals surface area contributed by atoms with Gasteiger partial charge in [0, 0.05) is 11.5 Å². The van der Waals surface area contributed by atoms with E-state index in [1.54, 1.807) is 25.2 Å². The van der Waals surface area contributed by atoms with Crippen molar-refractivity contribution in [2.75, 3.05) is 0 Å². The molecule has 0 saturated heterocycles. The summed E-state index contributed by atoms with van der Waals surface area (Å²) in [5, 5.41) is 10.4. The second-order valence-corrected chi connectivity index (χ2v) is 5.52. The Bertz CT molecular complexity index is 817. The summed E-state index contributed by atoms with van der Waals surface area (Å²) in [7, 11) is 1.65. The van der Waals surface area contributed by atoms with E-state index in [4.69, 9.17) is 4.42 Å². The Morgan fingerprint density at radius 3 is 2.50 bits per heavy atom. The highest BCUT2D eigenvalue weighted by atomic mass is 79.9. The van der Waals surface area contributed by atoms with Crippen LogP contribution in [0.5, 0.6) is 0 Å². The molecule has 0 radical (unpaired) electrons. The molecule has 1 N–H and O–H groups in total. The standard InChI is InChI=1S/C15H12BrNO3/c1-17-12-7-4-10(8-13(12)20-15(17)19)14(18)9-2-5-11(16)6-3-9/h2-8,14,18H,1H3. The first-order valence-corrected chi connectivity index (χ1v) is 6.88. The lowest BCUT2D eigenvalue weighted by Gasteiger charge is -2.11. The molecule has 1 aromatic heterocycles. The zero-order chi connectivity index (χ0) is 14.3. The fraction of sp³-hybridized carbons (Fsp3) is 0.133. The van der Waals surface area contributed by atoms with Crippen molar-refractivity contribution < 1.29 is 9.52 Å². The molecule has 3 aromatic rings. The monoisotopic (exact) mass is 333 g/mol. The smallest absolute Gasteiger partial charge is 0.408 e. The van der Waals surface area contributed by atoms with Crippen LogP contribution in [0.3, 0.4) is 0 Å². The van der Waals surface area contributed by atoms with Crippen molar-refractivity contribution >= 4 is 27.0 Å². The van der Waals surface area contributed by atoms with Gasteiger partial charge in [-0.2, -0.15) is 0 Å². The number of fused-ring (bicyclic) bond motifs is 1. The number of aryl methyl sites for hydroxylation is 1. The van der Waals surface area contributed by atoms with Crippen molar-refractivity contribution in [3.05, 3.63) is 68.6 Å². The zero-order valence-electron chi connectivity index (χ0n) is 10.7. The van der Waals surface area contributed by atoms with Gasteiger partial charge in [0.2, 0.25) is 0 Å². The van der Waals surface area contributed by atoms with Gasteiger partial charge in [-0.1, -0.05) is 34.1 Å². The van der Waals surface area contributed by atoms with E-state index in [9.17, 15) is 9.90 Å². The molecular formula is C15H12BrNO3. The maximum atomic E-state index is 11.5. The van der Waals surface area contributed by atoms with Gasteiger partial charge in [-0.3, -0.25) is 4.57 Å². The van der Waals surface area contributed by atoms with Crippen LogP contribution in [0.1, 0.15) is 17.2 Å². The van der Waals surface area contributed by atoms with Crippen molar-refractivity contribution in [1.29, 1.82) is 0 Å². The number of aromatic nitrogens is 1. The summed E-state index contributed by atoms with van der Waals surface area (Å²) < 4.78 is 7.53. The number of halogens is 1. The molecule has 102 valence electrons. The highest BCUT2D eigenvalue weighted by Crippen LogP contribution is 2.26. The summed E-state index contributed by atoms with van der Waals surface area (Å²) in [6.45, 7) is 0. The van der Waals surface area contributed by atoms with Gasteiger partial charge in [0.1, 0.15) is 6.10 Å². The van der Waals surface area contributed by atoms with Crippen molar-refractivity contribution in [1.82, 2.24) is 4.57 Å². The zero-order valence-corrected chi connectivity index (χ0v) is 12.3. The average molecular weight is 334 g/mol. The van der Waals surface area contributed by atoms with Crippen LogP contribution in [0, 0.1) is 0 Å². The summed E-state index contributed by atoms with van der Waals surface area (Å²) in [4.78, 5) is 11.5. The predicted molar refractivity (Wildman–Crippen MR) is 79.7 cm³/mol. The Hall–Kier alpha value is -1.85. The highest BCUT2D eigenvalue weighted by Gasteiger charge is 2.13. The Labute approximate surface area is 123 Å². The maximum Gasteiger partial charge on any atom is 0.419 e. The Kier molecular flexibility index (Phi) is 3.23. The summed E-state index contributed by atoms with van der Waals surface area (Å²) in [5.74, 6) is -0.407. The van der Waals surface area contributed by atoms with E-state index >= 15 is 0 Å². The number of aliphatic hydroxyl groups is 1. The predicted octanol–water partition coefficient (Wildman–Crippen LogP) is 2.98. The molecule has 0 aliphatic heterocycles. The number of rotatable bonds is 2. The van der Waals surface area contributed by atoms with E-state index in [1.165, 1.54) is 4.57 Å². The lowest BCUT2D eigenvalue weighted by atomic mass is 10.0. The van der Waals surface area contributed by atoms with E-state index in [-0.39, 0.29) is 0 Å². The van der Waals surface area contributed by atoms with E-state index in [1.807, 2.05) is 24.3 Å². The van der Waals surface area contributed by atoms with Crippen LogP contribution in [-0.2, 0) is 7.05 Å². The van der Waals surface area contributed by atoms with Gasteiger partial charge in [-0.15, -0.1) is 0 Å². The highest BCUT2D eigenvalue weighted by molar-refractivity contribution is 9.10. The molecular weight excluding hydrogens is 322 g/mol. The fourth-order valence-corrected chi connectivity index (χ4v) is 2.42. The normalized spacial score (nSPS) is 12.8. The Morgan fingerprint density at radius 1 is 1.15 bits per heavy atom. The van der Waals surface area contributed by atoms with Gasteiger partial charge in [0.05, 0.1) is 5.52 Å². The molecule has 5 heteroatoms. The van der Waals surface area contributed by atoms with Gasteiger partial charge < -0.3 is 9.52 Å². The lowest BCUT2D eigenvalue weighted by molar-refractivity contribution is 0.220. The second-order valence-electron chi connectivity index (χ2n) is 4.61. The van der Waals surface area contributed by atoms with Crippen molar-refractivity contribution in [3.63, 3.8) is 0 Å². The van der Waals surface area contributed by atoms with Gasteiger partial charge >= 0.3 is 5.76 Å². The molecule has 4 nitrogen and oxygen atoms in total. The summed E-state index contributed by atoms with van der Waals surface area (Å²) >= 11 is 3.36. The average Bonchev–Trinajstić information content (AvgIpc) is 2.74. The summed E-state index contributed by atoms with van der Waals surface area (Å²) in [6, 6.07) is 12.7. The summed E-state index contributed by atoms with van der Waals surface area (Å²) in [5.41, 5.74) is 2.66. The first-order valence-electron chi connectivity index (χ1n) is 6.09. The van der Waals surface area contributed by atoms with E-state index in [0.717, 1.165) is 10.0 Å². The van der Waals surface area contributed by atoms with Crippen LogP contribution < -0.4 is 5.76 Å². The quantitative estimate of drug-likeness (QED) is 0.784. The minimum absolute atomic E-state index is 0.407. The molecule has 1 unspecified atom stereocenters. The van der Waals surface area contributed by atoms with Gasteiger partial charge in [-0.05, 0) is 35.4 Å². The minimum Gasteiger partial charge on any atom is -0.408 e. The third-order valence-corrected chi connectivity index (χ3v) is 3.85. The maximum absolute atomic E-state index is 11.5. The first-order chi connectivity index (χ1) is 9.56. The van der Waals surface area contributed by atoms with Crippen LogP contribution in [-0.4, -0.2) is 9.67 Å². The van der Waals surface area contributed by atoms with Crippen LogP contribution >= 0.6 is 15.9 Å².